The molecule has 2 bridgehead atoms. The summed E-state index contributed by atoms with van der Waals surface area (Å²) in [5.41, 5.74) is 2.94. The summed E-state index contributed by atoms with van der Waals surface area (Å²) in [6, 6.07) is 0. The summed E-state index contributed by atoms with van der Waals surface area (Å²) in [6.45, 7) is 0. The van der Waals surface area contributed by atoms with Crippen LogP contribution in [0, 0.1) is 0 Å². The molecule has 2 aliphatic rings. The van der Waals surface area contributed by atoms with Gasteiger partial charge in [0, 0.05) is 0 Å². The van der Waals surface area contributed by atoms with E-state index in [1.807, 2.05) is 0 Å². The average molecular weight is 90.1 g/mol. The molecule has 0 heteroatoms. The fraction of sp³-hybridized carbons (Fsp3) is 0.143. The zero-order valence-corrected chi connectivity index (χ0v) is 4.02. The Morgan fingerprint density at radius 2 is 1.57 bits per heavy atom. The van der Waals surface area contributed by atoms with Crippen LogP contribution in [0.3, 0.4) is 0 Å². The highest BCUT2D eigenvalue weighted by Gasteiger charge is 2.07. The van der Waals surface area contributed by atoms with E-state index >= 15 is 0 Å². The molecule has 2 aliphatic carbocycles. The van der Waals surface area contributed by atoms with Crippen LogP contribution in [0.4, 0.5) is 0 Å². The van der Waals surface area contributed by atoms with E-state index in [1.165, 1.54) is 17.6 Å². The monoisotopic (exact) mass is 90.0 g/mol. The molecule has 0 heterocycles. The van der Waals surface area contributed by atoms with Crippen molar-refractivity contribution in [2.24, 2.45) is 0 Å². The molecule has 0 saturated heterocycles. The van der Waals surface area contributed by atoms with Gasteiger partial charge in [0.2, 0.25) is 0 Å². The molecule has 0 aliphatic heterocycles. The minimum atomic E-state index is 1.19. The molecule has 0 fully saturated rings. The van der Waals surface area contributed by atoms with Crippen LogP contribution in [-0.2, 0) is 0 Å². The summed E-state index contributed by atoms with van der Waals surface area (Å²) in [5.74, 6) is 0. The van der Waals surface area contributed by atoms with E-state index in [4.69, 9.17) is 0 Å². The molecule has 34 valence electrons. The van der Waals surface area contributed by atoms with Gasteiger partial charge in [-0.15, -0.1) is 0 Å². The van der Waals surface area contributed by atoms with Gasteiger partial charge in [-0.2, -0.15) is 0 Å². The number of rotatable bonds is 0. The highest BCUT2D eigenvalue weighted by molar-refractivity contribution is 5.49. The zero-order valence-electron chi connectivity index (χ0n) is 4.02. The van der Waals surface area contributed by atoms with Crippen LogP contribution in [0.2, 0.25) is 0 Å². The van der Waals surface area contributed by atoms with Crippen LogP contribution in [-0.4, -0.2) is 0 Å². The van der Waals surface area contributed by atoms with Gasteiger partial charge in [-0.3, -0.25) is 0 Å². The van der Waals surface area contributed by atoms with E-state index in [9.17, 15) is 0 Å². The second-order valence-electron chi connectivity index (χ2n) is 1.99. The van der Waals surface area contributed by atoms with Gasteiger partial charge in [-0.05, 0) is 17.6 Å². The van der Waals surface area contributed by atoms with Gasteiger partial charge in [0.25, 0.3) is 0 Å². The third-order valence-corrected chi connectivity index (χ3v) is 1.43. The summed E-state index contributed by atoms with van der Waals surface area (Å²) in [7, 11) is 0. The van der Waals surface area contributed by atoms with E-state index in [0.29, 0.717) is 0 Å². The fourth-order valence-electron chi connectivity index (χ4n) is 1.01. The van der Waals surface area contributed by atoms with Crippen molar-refractivity contribution >= 4 is 0 Å². The molecule has 0 amide bonds. The molecule has 2 rings (SSSR count). The lowest BCUT2D eigenvalue weighted by atomic mass is 10.3. The molecule has 0 nitrogen and oxygen atoms in total. The Morgan fingerprint density at radius 1 is 1.00 bits per heavy atom. The molecular weight excluding hydrogens is 84.1 g/mol. The standard InChI is InChI=1S/C7H6/c1-2-7-4-3-6(1)5-7/h1-4H,5H2. The van der Waals surface area contributed by atoms with Gasteiger partial charge in [-0.25, -0.2) is 0 Å². The van der Waals surface area contributed by atoms with Crippen LogP contribution >= 0.6 is 0 Å². The van der Waals surface area contributed by atoms with E-state index in [2.05, 4.69) is 24.3 Å². The van der Waals surface area contributed by atoms with Crippen molar-refractivity contribution in [1.82, 2.24) is 0 Å². The molecule has 0 N–H and O–H groups in total. The maximum atomic E-state index is 2.18. The van der Waals surface area contributed by atoms with Gasteiger partial charge in [0.1, 0.15) is 0 Å². The molecule has 0 spiro atoms. The molecule has 0 unspecified atom stereocenters. The predicted octanol–water partition coefficient (Wildman–Crippen LogP) is 1.81. The van der Waals surface area contributed by atoms with E-state index in [1.54, 1.807) is 0 Å². The molecule has 0 aromatic rings. The van der Waals surface area contributed by atoms with Gasteiger partial charge >= 0.3 is 0 Å². The quantitative estimate of drug-likeness (QED) is 0.425. The molecule has 0 radical (unpaired) electrons. The number of fused-ring (bicyclic) bond motifs is 2. The van der Waals surface area contributed by atoms with Crippen molar-refractivity contribution in [2.75, 3.05) is 0 Å². The lowest BCUT2D eigenvalue weighted by Gasteiger charge is -1.77. The second-order valence-corrected chi connectivity index (χ2v) is 1.99. The van der Waals surface area contributed by atoms with Gasteiger partial charge < -0.3 is 0 Å². The van der Waals surface area contributed by atoms with E-state index < -0.39 is 0 Å². The zero-order chi connectivity index (χ0) is 4.69. The smallest absolute Gasteiger partial charge is 0.00258 e. The van der Waals surface area contributed by atoms with Gasteiger partial charge in [0.05, 0.1) is 0 Å². The molecule has 7 heavy (non-hydrogen) atoms. The van der Waals surface area contributed by atoms with Crippen LogP contribution in [0.25, 0.3) is 0 Å². The minimum Gasteiger partial charge on any atom is -0.0584 e. The SMILES string of the molecule is C1=CC2=CC=C1C2. The third-order valence-electron chi connectivity index (χ3n) is 1.43. The predicted molar refractivity (Wildman–Crippen MR) is 29.9 cm³/mol. The summed E-state index contributed by atoms with van der Waals surface area (Å²) < 4.78 is 0. The molecule has 0 saturated carbocycles. The number of hydrogen-bond acceptors (Lipinski definition) is 0. The van der Waals surface area contributed by atoms with E-state index in [-0.39, 0.29) is 0 Å². The maximum Gasteiger partial charge on any atom is -0.00258 e. The lowest BCUT2D eigenvalue weighted by Crippen LogP contribution is -1.59. The summed E-state index contributed by atoms with van der Waals surface area (Å²) in [4.78, 5) is 0. The Hall–Kier alpha value is -0.780. The molecular formula is C7H6. The highest BCUT2D eigenvalue weighted by atomic mass is 14.1. The Balaban J connectivity index is 2.65. The van der Waals surface area contributed by atoms with Crippen LogP contribution in [0.1, 0.15) is 6.42 Å². The number of hydrogen-bond donors (Lipinski definition) is 0. The number of allylic oxidation sites excluding steroid dienone is 6. The van der Waals surface area contributed by atoms with Crippen molar-refractivity contribution in [3.8, 4) is 0 Å². The molecule has 0 atom stereocenters. The van der Waals surface area contributed by atoms with Crippen molar-refractivity contribution < 1.29 is 0 Å². The Kier molecular flexibility index (Phi) is 0.413. The van der Waals surface area contributed by atoms with Crippen molar-refractivity contribution in [2.45, 2.75) is 6.42 Å². The first kappa shape index (κ1) is 3.25. The van der Waals surface area contributed by atoms with Gasteiger partial charge in [0.15, 0.2) is 0 Å². The summed E-state index contributed by atoms with van der Waals surface area (Å²) >= 11 is 0. The van der Waals surface area contributed by atoms with Crippen LogP contribution < -0.4 is 0 Å². The van der Waals surface area contributed by atoms with Gasteiger partial charge in [-0.1, -0.05) is 24.3 Å². The Bertz CT molecular complexity index is 160. The molecule has 0 aromatic carbocycles. The normalized spacial score (nSPS) is 22.9. The first-order valence-corrected chi connectivity index (χ1v) is 2.53. The van der Waals surface area contributed by atoms with Crippen molar-refractivity contribution in [1.29, 1.82) is 0 Å². The highest BCUT2D eigenvalue weighted by Crippen LogP contribution is 2.27. The minimum absolute atomic E-state index is 1.19. The average Bonchev–Trinajstić information content (AvgIpc) is 2.22. The van der Waals surface area contributed by atoms with Crippen LogP contribution in [0.15, 0.2) is 35.5 Å². The van der Waals surface area contributed by atoms with Crippen molar-refractivity contribution in [3.05, 3.63) is 35.5 Å². The fourth-order valence-corrected chi connectivity index (χ4v) is 1.01. The maximum absolute atomic E-state index is 2.18. The van der Waals surface area contributed by atoms with E-state index in [0.717, 1.165) is 0 Å². The summed E-state index contributed by atoms with van der Waals surface area (Å²) in [6.07, 6.45) is 9.90. The Labute approximate surface area is 42.8 Å². The largest absolute Gasteiger partial charge is 0.0584 e. The Morgan fingerprint density at radius 3 is 1.71 bits per heavy atom. The first-order valence-electron chi connectivity index (χ1n) is 2.53. The van der Waals surface area contributed by atoms with Crippen LogP contribution in [0.5, 0.6) is 0 Å². The lowest BCUT2D eigenvalue weighted by molar-refractivity contribution is 1.32. The topological polar surface area (TPSA) is 0 Å². The molecule has 0 aromatic heterocycles. The van der Waals surface area contributed by atoms with Crippen molar-refractivity contribution in [3.63, 3.8) is 0 Å². The first-order chi connectivity index (χ1) is 3.45. The third kappa shape index (κ3) is 0.310. The summed E-state index contributed by atoms with van der Waals surface area (Å²) in [5, 5.41) is 0. The second kappa shape index (κ2) is 0.890.